The van der Waals surface area contributed by atoms with Gasteiger partial charge in [-0.15, -0.1) is 0 Å². The monoisotopic (exact) mass is 340 g/mol. The van der Waals surface area contributed by atoms with E-state index in [1.54, 1.807) is 6.07 Å². The quantitative estimate of drug-likeness (QED) is 0.828. The van der Waals surface area contributed by atoms with E-state index in [0.29, 0.717) is 4.47 Å². The maximum atomic E-state index is 13.2. The van der Waals surface area contributed by atoms with Gasteiger partial charge in [0.05, 0.1) is 4.47 Å². The third-order valence-electron chi connectivity index (χ3n) is 4.64. The molecule has 4 heteroatoms. The first-order chi connectivity index (χ1) is 9.72. The molecule has 0 N–H and O–H groups in total. The van der Waals surface area contributed by atoms with Crippen molar-refractivity contribution in [2.24, 2.45) is 0 Å². The van der Waals surface area contributed by atoms with Crippen molar-refractivity contribution in [3.05, 3.63) is 34.1 Å². The number of piperazine rings is 1. The van der Waals surface area contributed by atoms with Gasteiger partial charge in [-0.2, -0.15) is 0 Å². The van der Waals surface area contributed by atoms with Crippen LogP contribution in [0.2, 0.25) is 0 Å². The fraction of sp³-hybridized carbons (Fsp3) is 0.625. The third-order valence-corrected chi connectivity index (χ3v) is 5.25. The van der Waals surface area contributed by atoms with E-state index in [4.69, 9.17) is 0 Å². The van der Waals surface area contributed by atoms with Gasteiger partial charge in [-0.1, -0.05) is 18.9 Å². The van der Waals surface area contributed by atoms with Gasteiger partial charge in [0.1, 0.15) is 5.82 Å². The summed E-state index contributed by atoms with van der Waals surface area (Å²) in [7, 11) is 0. The molecule has 0 aromatic heterocycles. The fourth-order valence-electron chi connectivity index (χ4n) is 3.45. The summed E-state index contributed by atoms with van der Waals surface area (Å²) >= 11 is 3.26. The lowest BCUT2D eigenvalue weighted by Crippen LogP contribution is -2.49. The Morgan fingerprint density at radius 2 is 1.80 bits per heavy atom. The van der Waals surface area contributed by atoms with Gasteiger partial charge in [-0.25, -0.2) is 4.39 Å². The highest BCUT2D eigenvalue weighted by Gasteiger charge is 2.25. The zero-order chi connectivity index (χ0) is 13.9. The largest absolute Gasteiger partial charge is 0.298 e. The predicted molar refractivity (Wildman–Crippen MR) is 83.2 cm³/mol. The third kappa shape index (κ3) is 3.41. The molecule has 110 valence electrons. The van der Waals surface area contributed by atoms with Crippen LogP contribution in [0.5, 0.6) is 0 Å². The van der Waals surface area contributed by atoms with Crippen molar-refractivity contribution in [1.29, 1.82) is 0 Å². The van der Waals surface area contributed by atoms with Gasteiger partial charge in [0.25, 0.3) is 0 Å². The maximum Gasteiger partial charge on any atom is 0.137 e. The molecular formula is C16H22BrFN2. The minimum Gasteiger partial charge on any atom is -0.298 e. The molecule has 1 saturated heterocycles. The second-order valence-electron chi connectivity index (χ2n) is 6.00. The molecule has 1 aromatic rings. The lowest BCUT2D eigenvalue weighted by Gasteiger charge is -2.38. The Labute approximate surface area is 129 Å². The van der Waals surface area contributed by atoms with Gasteiger partial charge in [-0.3, -0.25) is 9.80 Å². The lowest BCUT2D eigenvalue weighted by molar-refractivity contribution is 0.0937. The average molecular weight is 341 g/mol. The summed E-state index contributed by atoms with van der Waals surface area (Å²) in [4.78, 5) is 5.15. The fourth-order valence-corrected chi connectivity index (χ4v) is 3.88. The molecule has 20 heavy (non-hydrogen) atoms. The Hall–Kier alpha value is -0.450. The van der Waals surface area contributed by atoms with Crippen LogP contribution < -0.4 is 0 Å². The molecule has 3 rings (SSSR count). The molecule has 0 atom stereocenters. The van der Waals surface area contributed by atoms with Crippen molar-refractivity contribution in [2.75, 3.05) is 26.2 Å². The molecule has 0 radical (unpaired) electrons. The summed E-state index contributed by atoms with van der Waals surface area (Å²) in [5.41, 5.74) is 1.19. The van der Waals surface area contributed by atoms with Crippen molar-refractivity contribution in [3.8, 4) is 0 Å². The predicted octanol–water partition coefficient (Wildman–Crippen LogP) is 3.65. The van der Waals surface area contributed by atoms with Gasteiger partial charge in [0.2, 0.25) is 0 Å². The van der Waals surface area contributed by atoms with E-state index in [1.165, 1.54) is 44.3 Å². The van der Waals surface area contributed by atoms with E-state index in [0.717, 1.165) is 25.7 Å². The highest BCUT2D eigenvalue weighted by atomic mass is 79.9. The van der Waals surface area contributed by atoms with Crippen LogP contribution in [-0.2, 0) is 6.54 Å². The van der Waals surface area contributed by atoms with E-state index in [2.05, 4.69) is 25.7 Å². The van der Waals surface area contributed by atoms with Crippen LogP contribution in [-0.4, -0.2) is 42.0 Å². The van der Waals surface area contributed by atoms with Gasteiger partial charge < -0.3 is 0 Å². The average Bonchev–Trinajstić information content (AvgIpc) is 2.98. The van der Waals surface area contributed by atoms with E-state index in [-0.39, 0.29) is 5.82 Å². The standard InChI is InChI=1S/C16H22BrFN2/c17-15-11-13(5-6-16(15)18)12-19-7-9-20(10-8-19)14-3-1-2-4-14/h5-6,11,14H,1-4,7-10,12H2. The highest BCUT2D eigenvalue weighted by Crippen LogP contribution is 2.25. The summed E-state index contributed by atoms with van der Waals surface area (Å²) < 4.78 is 13.8. The molecule has 1 aliphatic heterocycles. The number of rotatable bonds is 3. The van der Waals surface area contributed by atoms with Gasteiger partial charge in [0, 0.05) is 38.8 Å². The number of hydrogen-bond donors (Lipinski definition) is 0. The zero-order valence-corrected chi connectivity index (χ0v) is 13.4. The molecule has 0 unspecified atom stereocenters. The molecule has 1 heterocycles. The SMILES string of the molecule is Fc1ccc(CN2CCN(C3CCCC3)CC2)cc1Br. The Kier molecular flexibility index (Phi) is 4.74. The van der Waals surface area contributed by atoms with Crippen LogP contribution in [0.15, 0.2) is 22.7 Å². The van der Waals surface area contributed by atoms with Crippen molar-refractivity contribution < 1.29 is 4.39 Å². The normalized spacial score (nSPS) is 22.5. The van der Waals surface area contributed by atoms with Crippen LogP contribution in [0.25, 0.3) is 0 Å². The van der Waals surface area contributed by atoms with Crippen molar-refractivity contribution >= 4 is 15.9 Å². The Morgan fingerprint density at radius 1 is 1.10 bits per heavy atom. The summed E-state index contributed by atoms with van der Waals surface area (Å²) in [6.45, 7) is 5.56. The zero-order valence-electron chi connectivity index (χ0n) is 11.8. The van der Waals surface area contributed by atoms with Crippen LogP contribution in [0, 0.1) is 5.82 Å². The van der Waals surface area contributed by atoms with Crippen LogP contribution >= 0.6 is 15.9 Å². The first-order valence-corrected chi connectivity index (χ1v) is 8.42. The first-order valence-electron chi connectivity index (χ1n) is 7.63. The Balaban J connectivity index is 1.51. The number of hydrogen-bond acceptors (Lipinski definition) is 2. The maximum absolute atomic E-state index is 13.2. The van der Waals surface area contributed by atoms with Crippen LogP contribution in [0.4, 0.5) is 4.39 Å². The highest BCUT2D eigenvalue weighted by molar-refractivity contribution is 9.10. The van der Waals surface area contributed by atoms with Gasteiger partial charge in [0.15, 0.2) is 0 Å². The number of benzene rings is 1. The molecular weight excluding hydrogens is 319 g/mol. The van der Waals surface area contributed by atoms with Crippen LogP contribution in [0.1, 0.15) is 31.2 Å². The summed E-state index contributed by atoms with van der Waals surface area (Å²) in [6.07, 6.45) is 5.61. The van der Waals surface area contributed by atoms with E-state index in [1.807, 2.05) is 12.1 Å². The summed E-state index contributed by atoms with van der Waals surface area (Å²) in [5.74, 6) is -0.181. The molecule has 0 amide bonds. The van der Waals surface area contributed by atoms with Crippen LogP contribution in [0.3, 0.4) is 0 Å². The Morgan fingerprint density at radius 3 is 2.45 bits per heavy atom. The molecule has 1 saturated carbocycles. The van der Waals surface area contributed by atoms with E-state index >= 15 is 0 Å². The van der Waals surface area contributed by atoms with E-state index < -0.39 is 0 Å². The lowest BCUT2D eigenvalue weighted by atomic mass is 10.1. The molecule has 0 spiro atoms. The summed E-state index contributed by atoms with van der Waals surface area (Å²) in [6, 6.07) is 6.19. The molecule has 0 bridgehead atoms. The number of halogens is 2. The summed E-state index contributed by atoms with van der Waals surface area (Å²) in [5, 5.41) is 0. The van der Waals surface area contributed by atoms with Crippen molar-refractivity contribution in [3.63, 3.8) is 0 Å². The Bertz CT molecular complexity index is 452. The second kappa shape index (κ2) is 6.54. The van der Waals surface area contributed by atoms with Crippen molar-refractivity contribution in [1.82, 2.24) is 9.80 Å². The second-order valence-corrected chi connectivity index (χ2v) is 6.85. The minimum atomic E-state index is -0.181. The topological polar surface area (TPSA) is 6.48 Å². The number of nitrogens with zero attached hydrogens (tertiary/aromatic N) is 2. The van der Waals surface area contributed by atoms with Gasteiger partial charge in [-0.05, 0) is 46.5 Å². The smallest absolute Gasteiger partial charge is 0.137 e. The molecule has 2 aliphatic rings. The molecule has 1 aromatic carbocycles. The van der Waals surface area contributed by atoms with E-state index in [9.17, 15) is 4.39 Å². The van der Waals surface area contributed by atoms with Crippen molar-refractivity contribution in [2.45, 2.75) is 38.3 Å². The minimum absolute atomic E-state index is 0.181. The molecule has 1 aliphatic carbocycles. The van der Waals surface area contributed by atoms with Gasteiger partial charge >= 0.3 is 0 Å². The molecule has 2 nitrogen and oxygen atoms in total. The first kappa shape index (κ1) is 14.5. The molecule has 2 fully saturated rings.